The Hall–Kier alpha value is -0.830. The van der Waals surface area contributed by atoms with E-state index in [2.05, 4.69) is 41.8 Å². The fraction of sp³-hybridized carbons (Fsp3) is 0.833. The molecule has 0 amide bonds. The molecular weight excluding hydrogens is 258 g/mol. The Morgan fingerprint density at radius 2 is 1.81 bits per heavy atom. The zero-order valence-corrected chi connectivity index (χ0v) is 14.4. The van der Waals surface area contributed by atoms with E-state index in [1.165, 1.54) is 57.2 Å². The summed E-state index contributed by atoms with van der Waals surface area (Å²) in [6.07, 6.45) is 15.8. The third-order valence-electron chi connectivity index (χ3n) is 4.09. The van der Waals surface area contributed by atoms with Crippen molar-refractivity contribution < 1.29 is 0 Å². The van der Waals surface area contributed by atoms with Crippen LogP contribution >= 0.6 is 0 Å². The molecule has 0 saturated carbocycles. The second-order valence-corrected chi connectivity index (χ2v) is 6.05. The molecular formula is C18H35N3. The number of nitrogens with zero attached hydrogens (tertiary/aromatic N) is 2. The number of hydrogen-bond acceptors (Lipinski definition) is 2. The van der Waals surface area contributed by atoms with Crippen molar-refractivity contribution >= 4 is 0 Å². The van der Waals surface area contributed by atoms with Crippen LogP contribution in [0.4, 0.5) is 0 Å². The number of imidazole rings is 1. The first-order valence-electron chi connectivity index (χ1n) is 9.05. The molecule has 0 aliphatic rings. The fourth-order valence-electron chi connectivity index (χ4n) is 2.93. The molecule has 0 spiro atoms. The van der Waals surface area contributed by atoms with E-state index in [9.17, 15) is 0 Å². The first-order chi connectivity index (χ1) is 10.3. The Morgan fingerprint density at radius 1 is 1.05 bits per heavy atom. The average Bonchev–Trinajstić information content (AvgIpc) is 2.90. The first-order valence-corrected chi connectivity index (χ1v) is 9.05. The van der Waals surface area contributed by atoms with Gasteiger partial charge in [0.25, 0.3) is 0 Å². The quantitative estimate of drug-likeness (QED) is 0.540. The van der Waals surface area contributed by atoms with Crippen LogP contribution in [-0.2, 0) is 13.0 Å². The van der Waals surface area contributed by atoms with Gasteiger partial charge in [0.1, 0.15) is 5.82 Å². The number of likely N-dealkylation sites (N-methyl/N-ethyl adjacent to an activating group) is 1. The predicted molar refractivity (Wildman–Crippen MR) is 91.7 cm³/mol. The maximum atomic E-state index is 4.55. The second-order valence-electron chi connectivity index (χ2n) is 6.05. The van der Waals surface area contributed by atoms with Gasteiger partial charge >= 0.3 is 0 Å². The molecule has 3 heteroatoms. The highest BCUT2D eigenvalue weighted by molar-refractivity contribution is 4.95. The minimum Gasteiger partial charge on any atom is -0.335 e. The largest absolute Gasteiger partial charge is 0.335 e. The SMILES string of the molecule is CCCCCCCCC(Cc1nccn1CCC)NCC. The number of hydrogen-bond donors (Lipinski definition) is 1. The van der Waals surface area contributed by atoms with Crippen molar-refractivity contribution in [2.24, 2.45) is 0 Å². The Balaban J connectivity index is 2.33. The Morgan fingerprint density at radius 3 is 2.52 bits per heavy atom. The van der Waals surface area contributed by atoms with Crippen molar-refractivity contribution in [3.63, 3.8) is 0 Å². The zero-order valence-electron chi connectivity index (χ0n) is 14.4. The van der Waals surface area contributed by atoms with E-state index in [1.807, 2.05) is 6.20 Å². The minimum atomic E-state index is 0.583. The molecule has 21 heavy (non-hydrogen) atoms. The van der Waals surface area contributed by atoms with E-state index in [4.69, 9.17) is 0 Å². The molecule has 0 aliphatic carbocycles. The monoisotopic (exact) mass is 293 g/mol. The van der Waals surface area contributed by atoms with Gasteiger partial charge in [-0.15, -0.1) is 0 Å². The molecule has 122 valence electrons. The topological polar surface area (TPSA) is 29.9 Å². The third kappa shape index (κ3) is 7.66. The summed E-state index contributed by atoms with van der Waals surface area (Å²) in [5.41, 5.74) is 0. The van der Waals surface area contributed by atoms with Crippen molar-refractivity contribution in [3.8, 4) is 0 Å². The number of aromatic nitrogens is 2. The molecule has 0 fully saturated rings. The molecule has 1 unspecified atom stereocenters. The van der Waals surface area contributed by atoms with Crippen LogP contribution in [0.5, 0.6) is 0 Å². The van der Waals surface area contributed by atoms with Crippen LogP contribution in [0.2, 0.25) is 0 Å². The van der Waals surface area contributed by atoms with Crippen LogP contribution in [0.15, 0.2) is 12.4 Å². The van der Waals surface area contributed by atoms with Gasteiger partial charge in [-0.1, -0.05) is 59.3 Å². The van der Waals surface area contributed by atoms with E-state index in [0.29, 0.717) is 6.04 Å². The number of unbranched alkanes of at least 4 members (excludes halogenated alkanes) is 5. The summed E-state index contributed by atoms with van der Waals surface area (Å²) in [6.45, 7) is 8.84. The maximum Gasteiger partial charge on any atom is 0.110 e. The highest BCUT2D eigenvalue weighted by Gasteiger charge is 2.11. The van der Waals surface area contributed by atoms with Crippen LogP contribution in [0.3, 0.4) is 0 Å². The smallest absolute Gasteiger partial charge is 0.110 e. The summed E-state index contributed by atoms with van der Waals surface area (Å²) >= 11 is 0. The maximum absolute atomic E-state index is 4.55. The van der Waals surface area contributed by atoms with Crippen molar-refractivity contribution in [2.45, 2.75) is 91.1 Å². The summed E-state index contributed by atoms with van der Waals surface area (Å²) in [5.74, 6) is 1.24. The Labute approximate surface area is 131 Å². The van der Waals surface area contributed by atoms with Crippen molar-refractivity contribution in [3.05, 3.63) is 18.2 Å². The van der Waals surface area contributed by atoms with Crippen molar-refractivity contribution in [1.29, 1.82) is 0 Å². The van der Waals surface area contributed by atoms with Gasteiger partial charge in [0.15, 0.2) is 0 Å². The van der Waals surface area contributed by atoms with E-state index in [-0.39, 0.29) is 0 Å². The molecule has 0 aliphatic heterocycles. The second kappa shape index (κ2) is 11.8. The zero-order chi connectivity index (χ0) is 15.3. The normalized spacial score (nSPS) is 12.7. The van der Waals surface area contributed by atoms with Gasteiger partial charge in [-0.25, -0.2) is 4.98 Å². The molecule has 0 saturated heterocycles. The van der Waals surface area contributed by atoms with Gasteiger partial charge in [0, 0.05) is 31.4 Å². The average molecular weight is 293 g/mol. The summed E-state index contributed by atoms with van der Waals surface area (Å²) in [4.78, 5) is 4.55. The lowest BCUT2D eigenvalue weighted by Gasteiger charge is -2.18. The molecule has 0 bridgehead atoms. The summed E-state index contributed by atoms with van der Waals surface area (Å²) in [7, 11) is 0. The Bertz CT molecular complexity index is 346. The van der Waals surface area contributed by atoms with Gasteiger partial charge in [0.05, 0.1) is 0 Å². The van der Waals surface area contributed by atoms with E-state index < -0.39 is 0 Å². The number of nitrogens with one attached hydrogen (secondary N) is 1. The number of aryl methyl sites for hydroxylation is 1. The number of rotatable bonds is 13. The van der Waals surface area contributed by atoms with Crippen LogP contribution in [-0.4, -0.2) is 22.1 Å². The van der Waals surface area contributed by atoms with Crippen LogP contribution in [0, 0.1) is 0 Å². The predicted octanol–water partition coefficient (Wildman–Crippen LogP) is 4.56. The lowest BCUT2D eigenvalue weighted by atomic mass is 10.0. The highest BCUT2D eigenvalue weighted by atomic mass is 15.1. The van der Waals surface area contributed by atoms with Gasteiger partial charge < -0.3 is 9.88 Å². The molecule has 1 aromatic heterocycles. The lowest BCUT2D eigenvalue weighted by Crippen LogP contribution is -2.32. The van der Waals surface area contributed by atoms with Crippen LogP contribution in [0.1, 0.15) is 78.0 Å². The lowest BCUT2D eigenvalue weighted by molar-refractivity contribution is 0.445. The third-order valence-corrected chi connectivity index (χ3v) is 4.09. The van der Waals surface area contributed by atoms with Crippen LogP contribution < -0.4 is 5.32 Å². The fourth-order valence-corrected chi connectivity index (χ4v) is 2.93. The molecule has 1 atom stereocenters. The van der Waals surface area contributed by atoms with Gasteiger partial charge in [-0.2, -0.15) is 0 Å². The van der Waals surface area contributed by atoms with Crippen molar-refractivity contribution in [1.82, 2.24) is 14.9 Å². The highest BCUT2D eigenvalue weighted by Crippen LogP contribution is 2.12. The summed E-state index contributed by atoms with van der Waals surface area (Å²) in [6, 6.07) is 0.583. The van der Waals surface area contributed by atoms with Crippen LogP contribution in [0.25, 0.3) is 0 Å². The summed E-state index contributed by atoms with van der Waals surface area (Å²) < 4.78 is 2.31. The van der Waals surface area contributed by atoms with Gasteiger partial charge in [-0.3, -0.25) is 0 Å². The van der Waals surface area contributed by atoms with Gasteiger partial charge in [-0.05, 0) is 19.4 Å². The Kier molecular flexibility index (Phi) is 10.2. The molecule has 1 heterocycles. The van der Waals surface area contributed by atoms with Crippen molar-refractivity contribution in [2.75, 3.05) is 6.54 Å². The molecule has 0 radical (unpaired) electrons. The molecule has 1 rings (SSSR count). The van der Waals surface area contributed by atoms with E-state index in [0.717, 1.165) is 19.5 Å². The van der Waals surface area contributed by atoms with E-state index >= 15 is 0 Å². The van der Waals surface area contributed by atoms with Gasteiger partial charge in [0.2, 0.25) is 0 Å². The molecule has 1 aromatic rings. The summed E-state index contributed by atoms with van der Waals surface area (Å²) in [5, 5.41) is 3.64. The molecule has 1 N–H and O–H groups in total. The van der Waals surface area contributed by atoms with E-state index in [1.54, 1.807) is 0 Å². The standard InChI is InChI=1S/C18H35N3/c1-4-7-8-9-10-11-12-17(19-6-3)16-18-20-13-15-21(18)14-5-2/h13,15,17,19H,4-12,14,16H2,1-3H3. The molecule has 0 aromatic carbocycles. The first kappa shape index (κ1) is 18.2. The molecule has 3 nitrogen and oxygen atoms in total. The minimum absolute atomic E-state index is 0.583.